The van der Waals surface area contributed by atoms with Crippen LogP contribution in [0, 0.1) is 5.82 Å². The van der Waals surface area contributed by atoms with Gasteiger partial charge in [0.2, 0.25) is 6.29 Å². The van der Waals surface area contributed by atoms with Gasteiger partial charge >= 0.3 is 0 Å². The van der Waals surface area contributed by atoms with Crippen molar-refractivity contribution in [1.82, 2.24) is 24.1 Å². The van der Waals surface area contributed by atoms with Gasteiger partial charge < -0.3 is 14.6 Å². The fourth-order valence-corrected chi connectivity index (χ4v) is 5.10. The molecule has 5 aromatic rings. The van der Waals surface area contributed by atoms with Crippen molar-refractivity contribution < 1.29 is 9.13 Å². The second kappa shape index (κ2) is 7.99. The molecule has 2 aromatic carbocycles. The van der Waals surface area contributed by atoms with Gasteiger partial charge in [-0.25, -0.2) is 19.4 Å². The van der Waals surface area contributed by atoms with Crippen LogP contribution in [0.4, 0.5) is 10.2 Å². The minimum Gasteiger partial charge on any atom is -0.381 e. The fourth-order valence-electron chi connectivity index (χ4n) is 5.10. The van der Waals surface area contributed by atoms with Crippen molar-refractivity contribution in [2.75, 3.05) is 18.5 Å². The molecule has 1 fully saturated rings. The third-order valence-electron chi connectivity index (χ3n) is 6.79. The molecule has 7 rings (SSSR count). The molecular formula is C26H22FN7O. The number of halogens is 1. The molecule has 1 saturated heterocycles. The van der Waals surface area contributed by atoms with Crippen LogP contribution in [0.25, 0.3) is 33.3 Å². The molecule has 0 aliphatic carbocycles. The Hall–Kier alpha value is -4.11. The number of imidazole rings is 2. The maximum Gasteiger partial charge on any atom is 0.202 e. The van der Waals surface area contributed by atoms with Gasteiger partial charge in [-0.3, -0.25) is 9.55 Å². The zero-order valence-corrected chi connectivity index (χ0v) is 18.8. The van der Waals surface area contributed by atoms with Crippen LogP contribution >= 0.6 is 0 Å². The van der Waals surface area contributed by atoms with Gasteiger partial charge in [0.15, 0.2) is 0 Å². The van der Waals surface area contributed by atoms with Crippen molar-refractivity contribution in [3.63, 3.8) is 0 Å². The number of pyridine rings is 1. The predicted octanol–water partition coefficient (Wildman–Crippen LogP) is 4.94. The summed E-state index contributed by atoms with van der Waals surface area (Å²) in [4.78, 5) is 18.7. The Bertz CT molecular complexity index is 1590. The molecule has 0 bridgehead atoms. The lowest BCUT2D eigenvalue weighted by Crippen LogP contribution is -2.26. The molecule has 1 N–H and O–H groups in total. The van der Waals surface area contributed by atoms with Crippen LogP contribution in [0.5, 0.6) is 0 Å². The van der Waals surface area contributed by atoms with E-state index in [4.69, 9.17) is 14.7 Å². The summed E-state index contributed by atoms with van der Waals surface area (Å²) in [5.41, 5.74) is 4.13. The summed E-state index contributed by atoms with van der Waals surface area (Å²) < 4.78 is 23.8. The highest BCUT2D eigenvalue weighted by molar-refractivity contribution is 5.95. The van der Waals surface area contributed by atoms with Gasteiger partial charge in [-0.15, -0.1) is 0 Å². The number of nitrogens with one attached hydrogen (secondary N) is 1. The number of hydrogen-bond acceptors (Lipinski definition) is 6. The molecule has 35 heavy (non-hydrogen) atoms. The van der Waals surface area contributed by atoms with Gasteiger partial charge in [0, 0.05) is 36.4 Å². The van der Waals surface area contributed by atoms with E-state index in [1.807, 2.05) is 35.0 Å². The molecule has 0 saturated carbocycles. The number of benzene rings is 2. The fraction of sp³-hybridized carbons (Fsp3) is 0.231. The molecule has 9 heteroatoms. The lowest BCUT2D eigenvalue weighted by atomic mass is 10.1. The quantitative estimate of drug-likeness (QED) is 0.407. The first-order chi connectivity index (χ1) is 17.3. The molecular weight excluding hydrogens is 445 g/mol. The predicted molar refractivity (Wildman–Crippen MR) is 132 cm³/mol. The molecule has 8 nitrogen and oxygen atoms in total. The SMILES string of the molecule is Fc1ccc2ncn(C3N=Cc4nc(-c5ccnc6ccccc56)n(C5CCOCC5)c4N3)c2c1. The van der Waals surface area contributed by atoms with Crippen molar-refractivity contribution >= 4 is 34.0 Å². The maximum atomic E-state index is 14.0. The smallest absolute Gasteiger partial charge is 0.202 e. The molecule has 1 unspecified atom stereocenters. The Morgan fingerprint density at radius 2 is 1.89 bits per heavy atom. The summed E-state index contributed by atoms with van der Waals surface area (Å²) in [6, 6.07) is 14.9. The summed E-state index contributed by atoms with van der Waals surface area (Å²) in [5.74, 6) is 1.46. The molecule has 2 aliphatic rings. The van der Waals surface area contributed by atoms with Crippen molar-refractivity contribution in [1.29, 1.82) is 0 Å². The zero-order chi connectivity index (χ0) is 23.4. The molecule has 1 atom stereocenters. The van der Waals surface area contributed by atoms with Crippen LogP contribution in [0.15, 0.2) is 66.0 Å². The van der Waals surface area contributed by atoms with Gasteiger partial charge in [-0.05, 0) is 43.2 Å². The Labute approximate surface area is 200 Å². The molecule has 0 radical (unpaired) electrons. The van der Waals surface area contributed by atoms with E-state index >= 15 is 0 Å². The monoisotopic (exact) mass is 467 g/mol. The molecule has 174 valence electrons. The number of ether oxygens (including phenoxy) is 1. The van der Waals surface area contributed by atoms with E-state index in [0.29, 0.717) is 18.7 Å². The Morgan fingerprint density at radius 1 is 1.00 bits per heavy atom. The van der Waals surface area contributed by atoms with Gasteiger partial charge in [-0.1, -0.05) is 18.2 Å². The highest BCUT2D eigenvalue weighted by Gasteiger charge is 2.30. The average Bonchev–Trinajstić information content (AvgIpc) is 3.49. The van der Waals surface area contributed by atoms with Gasteiger partial charge in [-0.2, -0.15) is 0 Å². The third kappa shape index (κ3) is 3.30. The van der Waals surface area contributed by atoms with Crippen LogP contribution in [-0.4, -0.2) is 43.5 Å². The number of para-hydroxylation sites is 1. The lowest BCUT2D eigenvalue weighted by Gasteiger charge is -2.29. The number of aromatic nitrogens is 5. The second-order valence-corrected chi connectivity index (χ2v) is 8.84. The normalized spacial score (nSPS) is 18.1. The first-order valence-electron chi connectivity index (χ1n) is 11.7. The Balaban J connectivity index is 1.38. The van der Waals surface area contributed by atoms with Crippen LogP contribution < -0.4 is 5.32 Å². The first-order valence-corrected chi connectivity index (χ1v) is 11.7. The standard InChI is InChI=1S/C26H22FN7O/c27-16-5-6-21-23(13-16)33(15-30-21)26-29-14-22-25(32-26)34(17-8-11-35-12-9-17)24(31-22)19-7-10-28-20-4-2-1-3-18(19)20/h1-7,10,13-15,17,26,32H,8-9,11-12H2. The van der Waals surface area contributed by atoms with E-state index in [2.05, 4.69) is 25.9 Å². The van der Waals surface area contributed by atoms with E-state index in [-0.39, 0.29) is 11.9 Å². The second-order valence-electron chi connectivity index (χ2n) is 8.84. The minimum atomic E-state index is -0.466. The average molecular weight is 468 g/mol. The number of rotatable bonds is 3. The highest BCUT2D eigenvalue weighted by atomic mass is 19.1. The van der Waals surface area contributed by atoms with Gasteiger partial charge in [0.1, 0.15) is 23.2 Å². The maximum absolute atomic E-state index is 14.0. The summed E-state index contributed by atoms with van der Waals surface area (Å²) in [7, 11) is 0. The van der Waals surface area contributed by atoms with Crippen molar-refractivity contribution in [2.24, 2.45) is 4.99 Å². The zero-order valence-electron chi connectivity index (χ0n) is 18.8. The van der Waals surface area contributed by atoms with E-state index in [9.17, 15) is 4.39 Å². The molecule has 0 amide bonds. The van der Waals surface area contributed by atoms with E-state index in [1.54, 1.807) is 18.6 Å². The number of hydrogen-bond donors (Lipinski definition) is 1. The van der Waals surface area contributed by atoms with Gasteiger partial charge in [0.05, 0.1) is 29.1 Å². The molecule has 3 aromatic heterocycles. The van der Waals surface area contributed by atoms with Gasteiger partial charge in [0.25, 0.3) is 0 Å². The van der Waals surface area contributed by atoms with Crippen LogP contribution in [0.1, 0.15) is 30.9 Å². The highest BCUT2D eigenvalue weighted by Crippen LogP contribution is 2.38. The molecule has 5 heterocycles. The number of anilines is 1. The van der Waals surface area contributed by atoms with Crippen LogP contribution in [-0.2, 0) is 4.74 Å². The van der Waals surface area contributed by atoms with Crippen molar-refractivity contribution in [2.45, 2.75) is 25.2 Å². The summed E-state index contributed by atoms with van der Waals surface area (Å²) in [6.45, 7) is 1.41. The minimum absolute atomic E-state index is 0.221. The topological polar surface area (TPSA) is 82.2 Å². The lowest BCUT2D eigenvalue weighted by molar-refractivity contribution is 0.0704. The first kappa shape index (κ1) is 20.3. The van der Waals surface area contributed by atoms with Crippen LogP contribution in [0.2, 0.25) is 0 Å². The van der Waals surface area contributed by atoms with Crippen molar-refractivity contribution in [3.8, 4) is 11.4 Å². The largest absolute Gasteiger partial charge is 0.381 e. The number of aliphatic imine (C=N–C) groups is 1. The van der Waals surface area contributed by atoms with E-state index in [0.717, 1.165) is 52.2 Å². The van der Waals surface area contributed by atoms with Crippen molar-refractivity contribution in [3.05, 3.63) is 72.6 Å². The summed E-state index contributed by atoms with van der Waals surface area (Å²) >= 11 is 0. The number of fused-ring (bicyclic) bond motifs is 3. The summed E-state index contributed by atoms with van der Waals surface area (Å²) in [5, 5.41) is 4.61. The van der Waals surface area contributed by atoms with E-state index in [1.165, 1.54) is 12.1 Å². The van der Waals surface area contributed by atoms with Crippen LogP contribution in [0.3, 0.4) is 0 Å². The Morgan fingerprint density at radius 3 is 2.80 bits per heavy atom. The van der Waals surface area contributed by atoms with E-state index < -0.39 is 6.29 Å². The molecule has 0 spiro atoms. The number of nitrogens with zero attached hydrogens (tertiary/aromatic N) is 6. The Kier molecular flexibility index (Phi) is 4.63. The summed E-state index contributed by atoms with van der Waals surface area (Å²) in [6.07, 6.45) is 6.63. The molecule has 2 aliphatic heterocycles. The third-order valence-corrected chi connectivity index (χ3v) is 6.79.